The molecule has 0 bridgehead atoms. The number of benzene rings is 3. The van der Waals surface area contributed by atoms with Crippen molar-refractivity contribution in [1.82, 2.24) is 0 Å². The molecule has 0 aliphatic carbocycles. The van der Waals surface area contributed by atoms with E-state index in [1.165, 1.54) is 21.9 Å². The van der Waals surface area contributed by atoms with Gasteiger partial charge in [-0.3, -0.25) is 0 Å². The molecule has 2 heteroatoms. The van der Waals surface area contributed by atoms with Crippen molar-refractivity contribution in [3.63, 3.8) is 0 Å². The van der Waals surface area contributed by atoms with Crippen molar-refractivity contribution in [2.75, 3.05) is 0 Å². The Morgan fingerprint density at radius 3 is 2.33 bits per heavy atom. The van der Waals surface area contributed by atoms with E-state index in [1.54, 1.807) is 0 Å². The van der Waals surface area contributed by atoms with Gasteiger partial charge in [-0.15, -0.1) is 11.6 Å². The molecule has 0 nitrogen and oxygen atoms in total. The third kappa shape index (κ3) is 2.73. The predicted molar refractivity (Wildman–Crippen MR) is 95.3 cm³/mol. The van der Waals surface area contributed by atoms with E-state index in [1.807, 2.05) is 0 Å². The molecule has 0 aliphatic rings. The van der Waals surface area contributed by atoms with Crippen LogP contribution in [0, 0.1) is 13.8 Å². The Labute approximate surface area is 138 Å². The van der Waals surface area contributed by atoms with Crippen LogP contribution in [0.3, 0.4) is 0 Å². The van der Waals surface area contributed by atoms with Crippen LogP contribution >= 0.6 is 27.5 Å². The third-order valence-corrected chi connectivity index (χ3v) is 5.07. The normalized spacial score (nSPS) is 12.6. The van der Waals surface area contributed by atoms with Crippen LogP contribution in [0.1, 0.15) is 27.6 Å². The molecule has 0 N–H and O–H groups in total. The van der Waals surface area contributed by atoms with Crippen LogP contribution in [0.15, 0.2) is 59.1 Å². The van der Waals surface area contributed by atoms with Crippen molar-refractivity contribution >= 4 is 38.3 Å². The molecular formula is C19H16BrCl. The van der Waals surface area contributed by atoms with Gasteiger partial charge >= 0.3 is 0 Å². The van der Waals surface area contributed by atoms with E-state index in [0.717, 1.165) is 15.6 Å². The summed E-state index contributed by atoms with van der Waals surface area (Å²) in [6, 6.07) is 19.0. The lowest BCUT2D eigenvalue weighted by atomic mass is 9.95. The molecule has 3 aromatic rings. The van der Waals surface area contributed by atoms with E-state index >= 15 is 0 Å². The molecule has 0 radical (unpaired) electrons. The van der Waals surface area contributed by atoms with E-state index in [0.29, 0.717) is 0 Å². The number of hydrogen-bond donors (Lipinski definition) is 0. The summed E-state index contributed by atoms with van der Waals surface area (Å²) < 4.78 is 1.05. The first-order valence-electron chi connectivity index (χ1n) is 6.96. The van der Waals surface area contributed by atoms with Gasteiger partial charge in [0, 0.05) is 4.47 Å². The fraction of sp³-hybridized carbons (Fsp3) is 0.158. The van der Waals surface area contributed by atoms with Gasteiger partial charge in [-0.1, -0.05) is 70.0 Å². The standard InChI is InChI=1S/C19H16BrCl/c1-12-7-10-18(20)17(11-12)19(21)16-9-8-13(2)14-5-3-4-6-15(14)16/h3-11,19H,1-2H3. The molecule has 0 fully saturated rings. The van der Waals surface area contributed by atoms with E-state index in [2.05, 4.69) is 84.4 Å². The predicted octanol–water partition coefficient (Wildman–Crippen LogP) is 6.55. The largest absolute Gasteiger partial charge is 0.113 e. The smallest absolute Gasteiger partial charge is 0.0852 e. The van der Waals surface area contributed by atoms with Crippen LogP contribution < -0.4 is 0 Å². The molecule has 1 atom stereocenters. The summed E-state index contributed by atoms with van der Waals surface area (Å²) in [5.74, 6) is 0. The van der Waals surface area contributed by atoms with Gasteiger partial charge in [0.05, 0.1) is 5.38 Å². The molecule has 3 rings (SSSR count). The molecule has 0 aromatic heterocycles. The molecule has 21 heavy (non-hydrogen) atoms. The first-order chi connectivity index (χ1) is 10.1. The van der Waals surface area contributed by atoms with Crippen LogP contribution in [0.25, 0.3) is 10.8 Å². The Kier molecular flexibility index (Phi) is 4.05. The molecule has 0 saturated heterocycles. The number of aryl methyl sites for hydroxylation is 2. The Bertz CT molecular complexity index is 808. The highest BCUT2D eigenvalue weighted by atomic mass is 79.9. The van der Waals surface area contributed by atoms with Gasteiger partial charge in [-0.25, -0.2) is 0 Å². The lowest BCUT2D eigenvalue weighted by Gasteiger charge is -2.16. The Morgan fingerprint density at radius 1 is 0.857 bits per heavy atom. The number of fused-ring (bicyclic) bond motifs is 1. The van der Waals surface area contributed by atoms with Crippen molar-refractivity contribution < 1.29 is 0 Å². The Morgan fingerprint density at radius 2 is 1.57 bits per heavy atom. The highest BCUT2D eigenvalue weighted by Crippen LogP contribution is 2.38. The van der Waals surface area contributed by atoms with Crippen molar-refractivity contribution in [3.05, 3.63) is 81.3 Å². The molecule has 0 saturated carbocycles. The SMILES string of the molecule is Cc1ccc(Br)c(C(Cl)c2ccc(C)c3ccccc23)c1. The molecular weight excluding hydrogens is 344 g/mol. The monoisotopic (exact) mass is 358 g/mol. The van der Waals surface area contributed by atoms with Gasteiger partial charge in [0.15, 0.2) is 0 Å². The highest BCUT2D eigenvalue weighted by molar-refractivity contribution is 9.10. The summed E-state index contributed by atoms with van der Waals surface area (Å²) in [6.45, 7) is 4.23. The van der Waals surface area contributed by atoms with E-state index in [9.17, 15) is 0 Å². The average molecular weight is 360 g/mol. The molecule has 0 amide bonds. The van der Waals surface area contributed by atoms with E-state index in [4.69, 9.17) is 11.6 Å². The first kappa shape index (κ1) is 14.6. The maximum absolute atomic E-state index is 6.81. The molecule has 0 heterocycles. The zero-order chi connectivity index (χ0) is 15.0. The molecule has 0 aliphatic heterocycles. The number of hydrogen-bond acceptors (Lipinski definition) is 0. The Hall–Kier alpha value is -1.31. The molecule has 106 valence electrons. The lowest BCUT2D eigenvalue weighted by Crippen LogP contribution is -1.97. The van der Waals surface area contributed by atoms with Crippen LogP contribution in [0.2, 0.25) is 0 Å². The molecule has 3 aromatic carbocycles. The van der Waals surface area contributed by atoms with Crippen LogP contribution in [-0.2, 0) is 0 Å². The van der Waals surface area contributed by atoms with Gasteiger partial charge in [0.1, 0.15) is 0 Å². The highest BCUT2D eigenvalue weighted by Gasteiger charge is 2.17. The van der Waals surface area contributed by atoms with Gasteiger partial charge in [0.25, 0.3) is 0 Å². The number of rotatable bonds is 2. The second kappa shape index (κ2) is 5.82. The average Bonchev–Trinajstić information content (AvgIpc) is 2.50. The topological polar surface area (TPSA) is 0 Å². The third-order valence-electron chi connectivity index (χ3n) is 3.87. The van der Waals surface area contributed by atoms with Crippen molar-refractivity contribution in [2.45, 2.75) is 19.2 Å². The van der Waals surface area contributed by atoms with Crippen LogP contribution in [-0.4, -0.2) is 0 Å². The fourth-order valence-corrected chi connectivity index (χ4v) is 3.70. The maximum Gasteiger partial charge on any atom is 0.0852 e. The minimum absolute atomic E-state index is 0.162. The summed E-state index contributed by atoms with van der Waals surface area (Å²) >= 11 is 10.4. The molecule has 1 unspecified atom stereocenters. The second-order valence-electron chi connectivity index (χ2n) is 5.40. The van der Waals surface area contributed by atoms with Gasteiger partial charge in [-0.2, -0.15) is 0 Å². The maximum atomic E-state index is 6.81. The zero-order valence-electron chi connectivity index (χ0n) is 12.0. The van der Waals surface area contributed by atoms with Crippen molar-refractivity contribution in [2.24, 2.45) is 0 Å². The van der Waals surface area contributed by atoms with Crippen molar-refractivity contribution in [1.29, 1.82) is 0 Å². The first-order valence-corrected chi connectivity index (χ1v) is 8.19. The Balaban J connectivity index is 2.20. The summed E-state index contributed by atoms with van der Waals surface area (Å²) in [5.41, 5.74) is 4.77. The van der Waals surface area contributed by atoms with Gasteiger partial charge < -0.3 is 0 Å². The van der Waals surface area contributed by atoms with E-state index < -0.39 is 0 Å². The summed E-state index contributed by atoms with van der Waals surface area (Å²) in [4.78, 5) is 0. The van der Waals surface area contributed by atoms with Crippen LogP contribution in [0.4, 0.5) is 0 Å². The summed E-state index contributed by atoms with van der Waals surface area (Å²) in [5, 5.41) is 2.33. The van der Waals surface area contributed by atoms with E-state index in [-0.39, 0.29) is 5.38 Å². The van der Waals surface area contributed by atoms with Gasteiger partial charge in [0.2, 0.25) is 0 Å². The quantitative estimate of drug-likeness (QED) is 0.455. The summed E-state index contributed by atoms with van der Waals surface area (Å²) in [7, 11) is 0. The zero-order valence-corrected chi connectivity index (χ0v) is 14.4. The molecule has 0 spiro atoms. The summed E-state index contributed by atoms with van der Waals surface area (Å²) in [6.07, 6.45) is 0. The van der Waals surface area contributed by atoms with Crippen LogP contribution in [0.5, 0.6) is 0 Å². The lowest BCUT2D eigenvalue weighted by molar-refractivity contribution is 1.13. The number of alkyl halides is 1. The minimum atomic E-state index is -0.162. The fourth-order valence-electron chi connectivity index (χ4n) is 2.72. The van der Waals surface area contributed by atoms with Crippen molar-refractivity contribution in [3.8, 4) is 0 Å². The van der Waals surface area contributed by atoms with Gasteiger partial charge in [-0.05, 0) is 47.4 Å². The second-order valence-corrected chi connectivity index (χ2v) is 6.70. The number of halogens is 2. The minimum Gasteiger partial charge on any atom is -0.113 e.